The molecule has 7 rings (SSSR count). The first kappa shape index (κ1) is 42.1. The molecule has 5 aliphatic rings. The van der Waals surface area contributed by atoms with Gasteiger partial charge in [0.25, 0.3) is 0 Å². The number of rotatable bonds is 9. The number of carbonyl (C=O) groups excluding carboxylic acids is 1. The zero-order chi connectivity index (χ0) is 39.2. The molecule has 0 amide bonds. The van der Waals surface area contributed by atoms with E-state index in [2.05, 4.69) is 4.74 Å². The molecule has 298 valence electrons. The van der Waals surface area contributed by atoms with E-state index in [1.165, 1.54) is 0 Å². The van der Waals surface area contributed by atoms with E-state index in [1.807, 2.05) is 74.5 Å². The maximum atomic E-state index is 11.1. The predicted octanol–water partition coefficient (Wildman–Crippen LogP) is -0.242. The average molecular weight is 764 g/mol. The Bertz CT molecular complexity index is 1510. The molecule has 0 saturated carbocycles. The van der Waals surface area contributed by atoms with Crippen LogP contribution in [0.4, 0.5) is 0 Å². The van der Waals surface area contributed by atoms with Gasteiger partial charge in [0, 0.05) is 0 Å². The number of fused-ring (bicyclic) bond motifs is 2. The summed E-state index contributed by atoms with van der Waals surface area (Å²) in [6.45, 7) is 7.44. The van der Waals surface area contributed by atoms with Crippen molar-refractivity contribution in [2.75, 3.05) is 6.61 Å². The summed E-state index contributed by atoms with van der Waals surface area (Å²) in [5.74, 6) is -1.48. The van der Waals surface area contributed by atoms with Gasteiger partial charge in [-0.3, -0.25) is 0 Å². The van der Waals surface area contributed by atoms with Crippen LogP contribution < -0.4 is 0 Å². The minimum Gasteiger partial charge on any atom is -0.394 e. The third-order valence-corrected chi connectivity index (χ3v) is 9.07. The zero-order valence-corrected chi connectivity index (χ0v) is 30.3. The van der Waals surface area contributed by atoms with Gasteiger partial charge in [0.1, 0.15) is 61.0 Å². The summed E-state index contributed by atoms with van der Waals surface area (Å²) < 4.78 is 50.3. The van der Waals surface area contributed by atoms with Crippen LogP contribution in [0.3, 0.4) is 0 Å². The summed E-state index contributed by atoms with van der Waals surface area (Å²) in [4.78, 5) is 11.1. The lowest BCUT2D eigenvalue weighted by atomic mass is 10.00. The number of nitriles is 1. The molecule has 5 heterocycles. The van der Waals surface area contributed by atoms with E-state index in [9.17, 15) is 9.90 Å². The summed E-state index contributed by atoms with van der Waals surface area (Å²) in [6, 6.07) is 21.2. The zero-order valence-electron chi connectivity index (χ0n) is 30.3. The summed E-state index contributed by atoms with van der Waals surface area (Å²) in [5, 5.41) is 63.4. The molecule has 17 heteroatoms. The van der Waals surface area contributed by atoms with Gasteiger partial charge < -0.3 is 78.1 Å². The van der Waals surface area contributed by atoms with E-state index < -0.39 is 98.1 Å². The lowest BCUT2D eigenvalue weighted by molar-refractivity contribution is -0.286. The van der Waals surface area contributed by atoms with E-state index in [0.29, 0.717) is 13.2 Å². The van der Waals surface area contributed by atoms with Gasteiger partial charge in [0.05, 0.1) is 25.9 Å². The molecule has 2 aromatic carbocycles. The summed E-state index contributed by atoms with van der Waals surface area (Å²) in [7, 11) is 0. The van der Waals surface area contributed by atoms with Crippen molar-refractivity contribution in [2.24, 2.45) is 0 Å². The van der Waals surface area contributed by atoms with Crippen molar-refractivity contribution < 1.29 is 78.1 Å². The Kier molecular flexibility index (Phi) is 14.3. The van der Waals surface area contributed by atoms with Crippen LogP contribution >= 0.6 is 0 Å². The van der Waals surface area contributed by atoms with Gasteiger partial charge in [-0.15, -0.1) is 0 Å². The monoisotopic (exact) mass is 763 g/mol. The van der Waals surface area contributed by atoms with Crippen molar-refractivity contribution in [1.29, 1.82) is 5.26 Å². The van der Waals surface area contributed by atoms with Crippen molar-refractivity contribution in [1.82, 2.24) is 0 Å². The SMILES string of the molecule is CC1(C)O[C@H]2O[C@H](C=O)C(OCc3ccccc3)[C@@H]2O1.CC1(C)O[C@H]2O[C@H]([C@@H](O)C#N)C(OCc3ccccc3)[C@@H]2O1.OCC1O[C@H](O)C(O)[C@@H](O)[C@@H]1O. The molecule has 17 nitrogen and oxygen atoms in total. The first-order valence-electron chi connectivity index (χ1n) is 17.5. The van der Waals surface area contributed by atoms with E-state index in [1.54, 1.807) is 19.9 Å². The number of aldehydes is 1. The van der Waals surface area contributed by atoms with Gasteiger partial charge in [0.15, 0.2) is 42.8 Å². The Balaban J connectivity index is 0.000000163. The van der Waals surface area contributed by atoms with Gasteiger partial charge in [-0.25, -0.2) is 0 Å². The molecule has 0 aliphatic carbocycles. The number of ether oxygens (including phenoxy) is 9. The van der Waals surface area contributed by atoms with Gasteiger partial charge in [-0.1, -0.05) is 60.7 Å². The predicted molar refractivity (Wildman–Crippen MR) is 181 cm³/mol. The van der Waals surface area contributed by atoms with E-state index in [4.69, 9.17) is 68.7 Å². The van der Waals surface area contributed by atoms with Crippen LogP contribution in [0.5, 0.6) is 0 Å². The van der Waals surface area contributed by atoms with Crippen LogP contribution in [0.2, 0.25) is 0 Å². The van der Waals surface area contributed by atoms with Gasteiger partial charge in [-0.2, -0.15) is 5.26 Å². The van der Waals surface area contributed by atoms with Crippen LogP contribution in [-0.4, -0.2) is 141 Å². The highest BCUT2D eigenvalue weighted by molar-refractivity contribution is 5.58. The van der Waals surface area contributed by atoms with Crippen LogP contribution in [0.25, 0.3) is 0 Å². The molecule has 0 spiro atoms. The second-order valence-electron chi connectivity index (χ2n) is 14.1. The van der Waals surface area contributed by atoms with Crippen molar-refractivity contribution in [3.63, 3.8) is 0 Å². The number of hydrogen-bond donors (Lipinski definition) is 6. The molecule has 5 saturated heterocycles. The lowest BCUT2D eigenvalue weighted by Gasteiger charge is -2.37. The summed E-state index contributed by atoms with van der Waals surface area (Å²) in [6.07, 6.45) is -12.1. The maximum Gasteiger partial charge on any atom is 0.190 e. The molecule has 5 fully saturated rings. The molecule has 54 heavy (non-hydrogen) atoms. The first-order valence-corrected chi connectivity index (χ1v) is 17.5. The average Bonchev–Trinajstić information content (AvgIpc) is 3.85. The molecule has 0 bridgehead atoms. The smallest absolute Gasteiger partial charge is 0.190 e. The number of aliphatic hydroxyl groups excluding tert-OH is 6. The molecular weight excluding hydrogens is 714 g/mol. The second kappa shape index (κ2) is 18.3. The molecule has 6 N–H and O–H groups in total. The number of carbonyl (C=O) groups is 1. The van der Waals surface area contributed by atoms with Crippen molar-refractivity contribution in [3.05, 3.63) is 71.8 Å². The van der Waals surface area contributed by atoms with Crippen molar-refractivity contribution >= 4 is 6.29 Å². The van der Waals surface area contributed by atoms with E-state index in [0.717, 1.165) is 17.4 Å². The maximum absolute atomic E-state index is 11.1. The van der Waals surface area contributed by atoms with Crippen molar-refractivity contribution in [2.45, 2.75) is 138 Å². The van der Waals surface area contributed by atoms with Crippen molar-refractivity contribution in [3.8, 4) is 6.07 Å². The Morgan fingerprint density at radius 3 is 1.74 bits per heavy atom. The van der Waals surface area contributed by atoms with Crippen LogP contribution in [0.15, 0.2) is 60.7 Å². The highest BCUT2D eigenvalue weighted by Crippen LogP contribution is 2.40. The number of benzene rings is 2. The number of aliphatic hydroxyl groups is 6. The highest BCUT2D eigenvalue weighted by atomic mass is 16.9. The first-order chi connectivity index (χ1) is 25.7. The highest BCUT2D eigenvalue weighted by Gasteiger charge is 2.57. The Labute approximate surface area is 312 Å². The number of hydrogen-bond acceptors (Lipinski definition) is 17. The largest absolute Gasteiger partial charge is 0.394 e. The summed E-state index contributed by atoms with van der Waals surface area (Å²) in [5.41, 5.74) is 2.04. The van der Waals surface area contributed by atoms with E-state index >= 15 is 0 Å². The fourth-order valence-electron chi connectivity index (χ4n) is 6.44. The molecule has 4 unspecified atom stereocenters. The van der Waals surface area contributed by atoms with Gasteiger partial charge in [-0.05, 0) is 38.8 Å². The minimum absolute atomic E-state index is 0.344. The van der Waals surface area contributed by atoms with Gasteiger partial charge in [0.2, 0.25) is 0 Å². The topological polar surface area (TPSA) is 245 Å². The fraction of sp³-hybridized carbons (Fsp3) is 0.622. The third kappa shape index (κ3) is 10.2. The van der Waals surface area contributed by atoms with Crippen LogP contribution in [0.1, 0.15) is 38.8 Å². The fourth-order valence-corrected chi connectivity index (χ4v) is 6.44. The molecular formula is C37H49NO16. The standard InChI is InChI=1S/C16H19NO5.C15H18O5.C6H12O6/c1-16(2)21-14-13(19-9-10-6-4-3-5-7-10)12(11(18)8-17)20-15(14)22-16;1-15(2)19-13-12(11(8-16)18-14(13)20-15)17-9-10-6-4-3-5-7-10;7-1-2-3(8)4(9)5(10)6(11)12-2/h3-7,11-15,18H,9H2,1-2H3;3-8,11-14H,9H2,1-2H3;2-11H,1H2/t11-,12+,13?,14-,15+;11-,12?,13+,14-;2?,3-,4+,5?,6+/m011/s1. The summed E-state index contributed by atoms with van der Waals surface area (Å²) >= 11 is 0. The third-order valence-electron chi connectivity index (χ3n) is 9.07. The molecule has 0 radical (unpaired) electrons. The quantitative estimate of drug-likeness (QED) is 0.143. The number of nitrogens with zero attached hydrogens (tertiary/aromatic N) is 1. The Hall–Kier alpha value is -3.00. The van der Waals surface area contributed by atoms with Crippen LogP contribution in [0, 0.1) is 11.3 Å². The lowest BCUT2D eigenvalue weighted by Crippen LogP contribution is -2.58. The molecule has 14 atom stereocenters. The van der Waals surface area contributed by atoms with E-state index in [-0.39, 0.29) is 6.10 Å². The Morgan fingerprint density at radius 2 is 1.24 bits per heavy atom. The molecule has 5 aliphatic heterocycles. The second-order valence-corrected chi connectivity index (χ2v) is 14.1. The Morgan fingerprint density at radius 1 is 0.741 bits per heavy atom. The van der Waals surface area contributed by atoms with Gasteiger partial charge >= 0.3 is 0 Å². The molecule has 0 aromatic heterocycles. The normalized spacial score (nSPS) is 37.8. The van der Waals surface area contributed by atoms with Crippen LogP contribution in [-0.2, 0) is 60.6 Å². The molecule has 2 aromatic rings. The minimum atomic E-state index is -1.57.